The minimum Gasteiger partial charge on any atom is -0.207 e. The number of hydrogen-bond donors (Lipinski definition) is 0. The Morgan fingerprint density at radius 3 is 1.78 bits per heavy atom. The molecule has 0 aromatic heterocycles. The normalized spacial score (nSPS) is 9.67. The van der Waals surface area contributed by atoms with E-state index in [1.54, 1.807) is 0 Å². The Balaban J connectivity index is 3.17. The molecule has 1 heteroatoms. The predicted molar refractivity (Wildman–Crippen MR) is 35.9 cm³/mol. The third-order valence-corrected chi connectivity index (χ3v) is 1.19. The first kappa shape index (κ1) is 6.27. The van der Waals surface area contributed by atoms with Crippen LogP contribution in [0.25, 0.3) is 0 Å². The fourth-order valence-corrected chi connectivity index (χ4v) is 0.919. The second kappa shape index (κ2) is 2.18. The monoisotopic (exact) mass is 123 g/mol. The van der Waals surface area contributed by atoms with Crippen LogP contribution in [-0.4, -0.2) is 0 Å². The topological polar surface area (TPSA) is 0 Å². The van der Waals surface area contributed by atoms with Crippen LogP contribution < -0.4 is 0 Å². The van der Waals surface area contributed by atoms with Gasteiger partial charge >= 0.3 is 0 Å². The summed E-state index contributed by atoms with van der Waals surface area (Å²) in [5, 5.41) is 0. The number of hydrogen-bond acceptors (Lipinski definition) is 0. The van der Waals surface area contributed by atoms with Gasteiger partial charge in [-0.15, -0.1) is 0 Å². The lowest BCUT2D eigenvalue weighted by Gasteiger charge is -1.94. The highest BCUT2D eigenvalue weighted by Crippen LogP contribution is 2.05. The van der Waals surface area contributed by atoms with Crippen molar-refractivity contribution in [2.24, 2.45) is 0 Å². The Kier molecular flexibility index (Phi) is 1.52. The number of aryl methyl sites for hydroxylation is 2. The zero-order chi connectivity index (χ0) is 6.85. The highest BCUT2D eigenvalue weighted by molar-refractivity contribution is 5.21. The molecule has 0 fully saturated rings. The van der Waals surface area contributed by atoms with Crippen LogP contribution in [0.4, 0.5) is 4.39 Å². The van der Waals surface area contributed by atoms with Crippen molar-refractivity contribution >= 4 is 0 Å². The second-order valence-corrected chi connectivity index (χ2v) is 2.31. The number of halogens is 1. The Bertz CT molecular complexity index is 165. The molecule has 0 amide bonds. The average Bonchev–Trinajstić information content (AvgIpc) is 1.59. The van der Waals surface area contributed by atoms with Crippen molar-refractivity contribution in [3.05, 3.63) is 35.1 Å². The van der Waals surface area contributed by atoms with E-state index in [9.17, 15) is 4.39 Å². The Morgan fingerprint density at radius 1 is 1.00 bits per heavy atom. The molecule has 0 N–H and O–H groups in total. The van der Waals surface area contributed by atoms with Crippen LogP contribution in [0.1, 0.15) is 11.1 Å². The van der Waals surface area contributed by atoms with Crippen molar-refractivity contribution in [2.45, 2.75) is 13.8 Å². The molecule has 1 rings (SSSR count). The van der Waals surface area contributed by atoms with E-state index in [0.717, 1.165) is 11.1 Å². The Labute approximate surface area is 54.3 Å². The van der Waals surface area contributed by atoms with Crippen LogP contribution in [0, 0.1) is 19.7 Å². The summed E-state index contributed by atoms with van der Waals surface area (Å²) in [7, 11) is 0. The summed E-state index contributed by atoms with van der Waals surface area (Å²) in [6.45, 7) is 3.77. The number of rotatable bonds is 0. The molecule has 48 valence electrons. The van der Waals surface area contributed by atoms with Crippen LogP contribution in [0.2, 0.25) is 0 Å². The first-order valence-corrected chi connectivity index (χ1v) is 2.92. The lowest BCUT2D eigenvalue weighted by atomic mass is 10.1. The lowest BCUT2D eigenvalue weighted by molar-refractivity contribution is 0.625. The van der Waals surface area contributed by atoms with Crippen molar-refractivity contribution in [1.29, 1.82) is 0 Å². The molecule has 0 saturated heterocycles. The minimum atomic E-state index is -0.146. The van der Waals surface area contributed by atoms with Gasteiger partial charge in [0.15, 0.2) is 0 Å². The van der Waals surface area contributed by atoms with Gasteiger partial charge in [-0.3, -0.25) is 0 Å². The van der Waals surface area contributed by atoms with Gasteiger partial charge in [0.2, 0.25) is 0 Å². The van der Waals surface area contributed by atoms with Gasteiger partial charge in [-0.05, 0) is 37.1 Å². The van der Waals surface area contributed by atoms with E-state index in [2.05, 4.69) is 0 Å². The van der Waals surface area contributed by atoms with Crippen molar-refractivity contribution in [1.82, 2.24) is 0 Å². The maximum Gasteiger partial charge on any atom is 0.123 e. The van der Waals surface area contributed by atoms with Gasteiger partial charge in [-0.25, -0.2) is 4.39 Å². The third kappa shape index (κ3) is 1.53. The Morgan fingerprint density at radius 2 is 1.44 bits per heavy atom. The molecule has 0 nitrogen and oxygen atoms in total. The van der Waals surface area contributed by atoms with Gasteiger partial charge in [-0.1, -0.05) is 6.07 Å². The maximum atomic E-state index is 12.4. The molecule has 0 aliphatic carbocycles. The summed E-state index contributed by atoms with van der Waals surface area (Å²) in [6.07, 6.45) is 0. The van der Waals surface area contributed by atoms with Crippen LogP contribution in [0.3, 0.4) is 0 Å². The maximum absolute atomic E-state index is 12.4. The smallest absolute Gasteiger partial charge is 0.123 e. The molecule has 0 atom stereocenters. The SMILES string of the molecule is Cc1cc(C)cc([18F])c1. The predicted octanol–water partition coefficient (Wildman–Crippen LogP) is 2.44. The first-order valence-electron chi connectivity index (χ1n) is 2.92. The molecular weight excluding hydrogens is 114 g/mol. The fraction of sp³-hybridized carbons (Fsp3) is 0.250. The van der Waals surface area contributed by atoms with Gasteiger partial charge < -0.3 is 0 Å². The van der Waals surface area contributed by atoms with Crippen molar-refractivity contribution < 1.29 is 4.39 Å². The minimum absolute atomic E-state index is 0.146. The van der Waals surface area contributed by atoms with E-state index >= 15 is 0 Å². The standard InChI is InChI=1S/C8H9F/c1-6-3-7(2)5-8(9)4-6/h3-5H,1-2H3/i9-1. The first-order chi connectivity index (χ1) is 4.18. The average molecular weight is 123 g/mol. The molecule has 9 heavy (non-hydrogen) atoms. The van der Waals surface area contributed by atoms with Gasteiger partial charge in [0.25, 0.3) is 0 Å². The van der Waals surface area contributed by atoms with E-state index in [0.29, 0.717) is 0 Å². The summed E-state index contributed by atoms with van der Waals surface area (Å²) in [5.41, 5.74) is 1.96. The van der Waals surface area contributed by atoms with Crippen LogP contribution in [0.15, 0.2) is 18.2 Å². The summed E-state index contributed by atoms with van der Waals surface area (Å²) in [5.74, 6) is -0.146. The zero-order valence-corrected chi connectivity index (χ0v) is 5.61. The number of benzene rings is 1. The van der Waals surface area contributed by atoms with Gasteiger partial charge in [0, 0.05) is 0 Å². The lowest BCUT2D eigenvalue weighted by Crippen LogP contribution is -1.79. The summed E-state index contributed by atoms with van der Waals surface area (Å²) >= 11 is 0. The van der Waals surface area contributed by atoms with E-state index in [1.165, 1.54) is 12.1 Å². The van der Waals surface area contributed by atoms with E-state index in [-0.39, 0.29) is 5.82 Å². The zero-order valence-electron chi connectivity index (χ0n) is 5.61. The molecular formula is C8H9F. The molecule has 0 spiro atoms. The quantitative estimate of drug-likeness (QED) is 0.497. The highest BCUT2D eigenvalue weighted by atomic mass is 18.2. The second-order valence-electron chi connectivity index (χ2n) is 2.31. The van der Waals surface area contributed by atoms with E-state index in [1.807, 2.05) is 19.9 Å². The molecule has 0 radical (unpaired) electrons. The summed E-state index contributed by atoms with van der Waals surface area (Å²) in [4.78, 5) is 0. The molecule has 1 aromatic carbocycles. The molecule has 1 aromatic rings. The van der Waals surface area contributed by atoms with Crippen LogP contribution >= 0.6 is 0 Å². The van der Waals surface area contributed by atoms with Crippen LogP contribution in [-0.2, 0) is 0 Å². The largest absolute Gasteiger partial charge is 0.207 e. The van der Waals surface area contributed by atoms with E-state index < -0.39 is 0 Å². The van der Waals surface area contributed by atoms with E-state index in [4.69, 9.17) is 0 Å². The summed E-state index contributed by atoms with van der Waals surface area (Å²) < 4.78 is 12.4. The summed E-state index contributed by atoms with van der Waals surface area (Å²) in [6, 6.07) is 4.99. The van der Waals surface area contributed by atoms with Crippen molar-refractivity contribution in [2.75, 3.05) is 0 Å². The molecule has 0 aliphatic heterocycles. The van der Waals surface area contributed by atoms with Crippen molar-refractivity contribution in [3.8, 4) is 0 Å². The third-order valence-electron chi connectivity index (χ3n) is 1.19. The van der Waals surface area contributed by atoms with Gasteiger partial charge in [0.1, 0.15) is 5.82 Å². The highest BCUT2D eigenvalue weighted by Gasteiger charge is 1.90. The van der Waals surface area contributed by atoms with Crippen LogP contribution in [0.5, 0.6) is 0 Å². The molecule has 0 unspecified atom stereocenters. The Hall–Kier alpha value is -0.850. The molecule has 0 saturated carbocycles. The molecule has 0 heterocycles. The van der Waals surface area contributed by atoms with Gasteiger partial charge in [-0.2, -0.15) is 0 Å². The fourth-order valence-electron chi connectivity index (χ4n) is 0.919. The van der Waals surface area contributed by atoms with Crippen molar-refractivity contribution in [3.63, 3.8) is 0 Å². The molecule has 0 bridgehead atoms. The van der Waals surface area contributed by atoms with Gasteiger partial charge in [0.05, 0.1) is 0 Å². The molecule has 0 aliphatic rings.